The minimum absolute atomic E-state index is 0.0340. The zero-order chi connectivity index (χ0) is 20.3. The van der Waals surface area contributed by atoms with E-state index in [1.807, 2.05) is 42.6 Å². The smallest absolute Gasteiger partial charge is 0.261 e. The van der Waals surface area contributed by atoms with Gasteiger partial charge in [0.05, 0.1) is 18.1 Å². The van der Waals surface area contributed by atoms with Crippen LogP contribution in [-0.2, 0) is 21.2 Å². The number of carbonyl (C=O) groups excluding carboxylic acids is 1. The molecule has 1 amide bonds. The minimum atomic E-state index is -3.07. The molecule has 1 saturated heterocycles. The van der Waals surface area contributed by atoms with Crippen LogP contribution in [0.1, 0.15) is 42.2 Å². The summed E-state index contributed by atoms with van der Waals surface area (Å²) in [5.74, 6) is 1.07. The quantitative estimate of drug-likeness (QED) is 0.683. The van der Waals surface area contributed by atoms with Crippen molar-refractivity contribution >= 4 is 27.1 Å². The van der Waals surface area contributed by atoms with Crippen LogP contribution in [0.3, 0.4) is 0 Å². The number of sulfone groups is 1. The lowest BCUT2D eigenvalue weighted by Gasteiger charge is -2.28. The molecular weight excluding hydrogens is 394 g/mol. The molecule has 7 heteroatoms. The molecule has 1 aromatic heterocycles. The number of carbonyl (C=O) groups is 1. The maximum absolute atomic E-state index is 12.9. The summed E-state index contributed by atoms with van der Waals surface area (Å²) in [4.78, 5) is 15.7. The van der Waals surface area contributed by atoms with Gasteiger partial charge in [0.1, 0.15) is 5.75 Å². The zero-order valence-corrected chi connectivity index (χ0v) is 18.2. The van der Waals surface area contributed by atoms with Gasteiger partial charge in [0.25, 0.3) is 5.91 Å². The third-order valence-corrected chi connectivity index (χ3v) is 7.92. The second-order valence-electron chi connectivity index (χ2n) is 7.62. The summed E-state index contributed by atoms with van der Waals surface area (Å²) in [6, 6.07) is 9.47. The monoisotopic (exact) mass is 421 g/mol. The summed E-state index contributed by atoms with van der Waals surface area (Å²) < 4.78 is 29.6. The third-order valence-electron chi connectivity index (χ3n) is 5.16. The molecule has 0 bridgehead atoms. The number of rotatable bonds is 7. The van der Waals surface area contributed by atoms with Crippen LogP contribution in [0.25, 0.3) is 0 Å². The van der Waals surface area contributed by atoms with Crippen molar-refractivity contribution in [2.45, 2.75) is 45.7 Å². The molecule has 28 heavy (non-hydrogen) atoms. The van der Waals surface area contributed by atoms with E-state index in [-0.39, 0.29) is 30.1 Å². The molecular formula is C21H27NO4S2. The Morgan fingerprint density at radius 1 is 1.25 bits per heavy atom. The predicted octanol–water partition coefficient (Wildman–Crippen LogP) is 3.77. The van der Waals surface area contributed by atoms with Crippen LogP contribution in [0.4, 0.5) is 0 Å². The Labute approximate surface area is 171 Å². The van der Waals surface area contributed by atoms with Gasteiger partial charge < -0.3 is 9.64 Å². The van der Waals surface area contributed by atoms with E-state index in [1.165, 1.54) is 5.56 Å². The molecule has 1 atom stereocenters. The van der Waals surface area contributed by atoms with Gasteiger partial charge in [-0.1, -0.05) is 26.0 Å². The van der Waals surface area contributed by atoms with Gasteiger partial charge in [-0.3, -0.25) is 4.79 Å². The molecule has 2 heterocycles. The molecule has 0 radical (unpaired) electrons. The van der Waals surface area contributed by atoms with Crippen LogP contribution < -0.4 is 4.74 Å². The van der Waals surface area contributed by atoms with E-state index in [1.54, 1.807) is 16.2 Å². The maximum Gasteiger partial charge on any atom is 0.261 e. The molecule has 2 aromatic rings. The van der Waals surface area contributed by atoms with Crippen molar-refractivity contribution in [3.8, 4) is 5.75 Å². The lowest BCUT2D eigenvalue weighted by molar-refractivity contribution is -0.135. The van der Waals surface area contributed by atoms with Crippen molar-refractivity contribution in [1.82, 2.24) is 4.90 Å². The highest BCUT2D eigenvalue weighted by atomic mass is 32.2. The van der Waals surface area contributed by atoms with E-state index in [9.17, 15) is 13.2 Å². The van der Waals surface area contributed by atoms with Gasteiger partial charge in [-0.25, -0.2) is 8.42 Å². The summed E-state index contributed by atoms with van der Waals surface area (Å²) in [6.07, 6.45) is 0.488. The van der Waals surface area contributed by atoms with Crippen LogP contribution in [0, 0.1) is 6.92 Å². The van der Waals surface area contributed by atoms with Crippen LogP contribution >= 0.6 is 11.3 Å². The Bertz CT molecular complexity index is 916. The van der Waals surface area contributed by atoms with Gasteiger partial charge in [0, 0.05) is 10.9 Å². The summed E-state index contributed by atoms with van der Waals surface area (Å²) in [7, 11) is -3.07. The van der Waals surface area contributed by atoms with Crippen molar-refractivity contribution in [3.63, 3.8) is 0 Å². The van der Waals surface area contributed by atoms with Gasteiger partial charge in [-0.15, -0.1) is 11.3 Å². The molecule has 0 spiro atoms. The van der Waals surface area contributed by atoms with Crippen LogP contribution in [-0.4, -0.2) is 43.4 Å². The van der Waals surface area contributed by atoms with E-state index < -0.39 is 9.84 Å². The molecule has 152 valence electrons. The summed E-state index contributed by atoms with van der Waals surface area (Å²) in [5, 5.41) is 1.99. The molecule has 0 N–H and O–H groups in total. The first-order valence-corrected chi connectivity index (χ1v) is 12.2. The second-order valence-corrected chi connectivity index (χ2v) is 10.8. The molecule has 3 rings (SSSR count). The lowest BCUT2D eigenvalue weighted by atomic mass is 10.0. The van der Waals surface area contributed by atoms with E-state index in [0.717, 1.165) is 10.4 Å². The topological polar surface area (TPSA) is 63.7 Å². The van der Waals surface area contributed by atoms with E-state index in [4.69, 9.17) is 4.74 Å². The van der Waals surface area contributed by atoms with Crippen LogP contribution in [0.15, 0.2) is 35.7 Å². The Hall–Kier alpha value is -1.86. The van der Waals surface area contributed by atoms with Crippen LogP contribution in [0.2, 0.25) is 0 Å². The molecule has 0 unspecified atom stereocenters. The highest BCUT2D eigenvalue weighted by Gasteiger charge is 2.35. The van der Waals surface area contributed by atoms with Crippen molar-refractivity contribution < 1.29 is 17.9 Å². The molecule has 1 aliphatic heterocycles. The maximum atomic E-state index is 12.9. The highest BCUT2D eigenvalue weighted by Crippen LogP contribution is 2.25. The predicted molar refractivity (Wildman–Crippen MR) is 113 cm³/mol. The molecule has 0 aliphatic carbocycles. The zero-order valence-electron chi connectivity index (χ0n) is 16.6. The lowest BCUT2D eigenvalue weighted by Crippen LogP contribution is -2.43. The summed E-state index contributed by atoms with van der Waals surface area (Å²) in [5.41, 5.74) is 2.33. The average Bonchev–Trinajstić information content (AvgIpc) is 3.22. The molecule has 1 fully saturated rings. The summed E-state index contributed by atoms with van der Waals surface area (Å²) >= 11 is 1.59. The first-order chi connectivity index (χ1) is 13.2. The molecule has 1 aliphatic rings. The number of aryl methyl sites for hydroxylation is 1. The number of nitrogens with zero attached hydrogens (tertiary/aromatic N) is 1. The van der Waals surface area contributed by atoms with Crippen molar-refractivity contribution in [2.24, 2.45) is 0 Å². The van der Waals surface area contributed by atoms with E-state index in [0.29, 0.717) is 24.6 Å². The van der Waals surface area contributed by atoms with Crippen molar-refractivity contribution in [1.29, 1.82) is 0 Å². The van der Waals surface area contributed by atoms with Gasteiger partial charge in [-0.05, 0) is 54.0 Å². The first kappa shape index (κ1) is 20.9. The number of hydrogen-bond acceptors (Lipinski definition) is 5. The average molecular weight is 422 g/mol. The first-order valence-electron chi connectivity index (χ1n) is 9.51. The molecule has 1 aromatic carbocycles. The number of ether oxygens (including phenoxy) is 1. The Kier molecular flexibility index (Phi) is 6.45. The number of hydrogen-bond donors (Lipinski definition) is 0. The third kappa shape index (κ3) is 5.14. The van der Waals surface area contributed by atoms with Crippen molar-refractivity contribution in [3.05, 3.63) is 51.7 Å². The fraction of sp³-hybridized carbons (Fsp3) is 0.476. The van der Waals surface area contributed by atoms with E-state index >= 15 is 0 Å². The molecule has 0 saturated carbocycles. The van der Waals surface area contributed by atoms with Gasteiger partial charge in [-0.2, -0.15) is 0 Å². The van der Waals surface area contributed by atoms with Gasteiger partial charge in [0.15, 0.2) is 16.4 Å². The largest absolute Gasteiger partial charge is 0.484 e. The number of thiophene rings is 1. The SMILES string of the molecule is Cc1ccsc1CN(C(=O)COc1ccc(C(C)C)cc1)[C@H]1CCS(=O)(=O)C1. The fourth-order valence-corrected chi connectivity index (χ4v) is 5.97. The van der Waals surface area contributed by atoms with Gasteiger partial charge in [0.2, 0.25) is 0 Å². The van der Waals surface area contributed by atoms with Crippen LogP contribution in [0.5, 0.6) is 5.75 Å². The number of amides is 1. The fourth-order valence-electron chi connectivity index (χ4n) is 3.34. The highest BCUT2D eigenvalue weighted by molar-refractivity contribution is 7.91. The Balaban J connectivity index is 1.70. The summed E-state index contributed by atoms with van der Waals surface area (Å²) in [6.45, 7) is 6.59. The second kappa shape index (κ2) is 8.66. The number of benzene rings is 1. The van der Waals surface area contributed by atoms with Crippen molar-refractivity contribution in [2.75, 3.05) is 18.1 Å². The Morgan fingerprint density at radius 3 is 2.50 bits per heavy atom. The minimum Gasteiger partial charge on any atom is -0.484 e. The molecule has 5 nitrogen and oxygen atoms in total. The standard InChI is InChI=1S/C21H27NO4S2/c1-15(2)17-4-6-19(7-5-17)26-13-21(23)22(12-20-16(3)8-10-27-20)18-9-11-28(24,25)14-18/h4-8,10,15,18H,9,11-14H2,1-3H3/t18-/m0/s1. The normalized spacial score (nSPS) is 18.4. The van der Waals surface area contributed by atoms with Gasteiger partial charge >= 0.3 is 0 Å². The Morgan fingerprint density at radius 2 is 1.96 bits per heavy atom. The van der Waals surface area contributed by atoms with E-state index in [2.05, 4.69) is 13.8 Å².